The van der Waals surface area contributed by atoms with Crippen LogP contribution in [-0.4, -0.2) is 42.7 Å². The van der Waals surface area contributed by atoms with Gasteiger partial charge >= 0.3 is 0 Å². The van der Waals surface area contributed by atoms with Crippen LogP contribution in [-0.2, 0) is 10.5 Å². The molecule has 0 saturated heterocycles. The number of aromatic nitrogens is 3. The Kier molecular flexibility index (Phi) is 6.26. The third-order valence-corrected chi connectivity index (χ3v) is 5.31. The number of nitrogens with zero attached hydrogens (tertiary/aromatic N) is 3. The molecule has 0 bridgehead atoms. The van der Waals surface area contributed by atoms with Crippen molar-refractivity contribution in [2.24, 2.45) is 0 Å². The summed E-state index contributed by atoms with van der Waals surface area (Å²) in [4.78, 5) is 0. The summed E-state index contributed by atoms with van der Waals surface area (Å²) in [5, 5.41) is 16.3. The van der Waals surface area contributed by atoms with Gasteiger partial charge < -0.3 is 19.3 Å². The van der Waals surface area contributed by atoms with E-state index in [2.05, 4.69) is 20.7 Å². The first kappa shape index (κ1) is 17.7. The number of thioether (sulfide) groups is 1. The molecule has 0 spiro atoms. The van der Waals surface area contributed by atoms with Gasteiger partial charge in [0.05, 0.1) is 19.5 Å². The average Bonchev–Trinajstić information content (AvgIpc) is 3.30. The molecule has 132 valence electrons. The van der Waals surface area contributed by atoms with Crippen LogP contribution < -0.4 is 10.1 Å². The van der Waals surface area contributed by atoms with E-state index in [1.807, 2.05) is 30.3 Å². The number of methoxy groups -OCH3 is 2. The molecular weight excluding hydrogens is 360 g/mol. The SMILES string of the molecule is COCCNc1nnc(SCc2cc(-c3ccc(OC)cc3)no2)s1. The third-order valence-electron chi connectivity index (χ3n) is 3.27. The molecule has 0 aliphatic heterocycles. The minimum absolute atomic E-state index is 0.633. The van der Waals surface area contributed by atoms with Crippen molar-refractivity contribution in [2.45, 2.75) is 10.1 Å². The average molecular weight is 378 g/mol. The van der Waals surface area contributed by atoms with E-state index in [0.717, 1.165) is 32.2 Å². The summed E-state index contributed by atoms with van der Waals surface area (Å²) in [6.45, 7) is 1.34. The Labute approximate surface area is 153 Å². The molecule has 2 heterocycles. The van der Waals surface area contributed by atoms with Crippen molar-refractivity contribution in [2.75, 3.05) is 32.7 Å². The van der Waals surface area contributed by atoms with Gasteiger partial charge in [-0.05, 0) is 24.3 Å². The van der Waals surface area contributed by atoms with Gasteiger partial charge in [0, 0.05) is 25.3 Å². The van der Waals surface area contributed by atoms with Crippen molar-refractivity contribution in [3.8, 4) is 17.0 Å². The van der Waals surface area contributed by atoms with Crippen LogP contribution in [0, 0.1) is 0 Å². The van der Waals surface area contributed by atoms with Gasteiger partial charge in [-0.1, -0.05) is 28.3 Å². The molecule has 2 aromatic heterocycles. The molecular formula is C16H18N4O3S2. The van der Waals surface area contributed by atoms with Crippen molar-refractivity contribution in [1.82, 2.24) is 15.4 Å². The van der Waals surface area contributed by atoms with Crippen LogP contribution in [0.15, 0.2) is 39.2 Å². The van der Waals surface area contributed by atoms with E-state index in [9.17, 15) is 0 Å². The molecule has 0 unspecified atom stereocenters. The van der Waals surface area contributed by atoms with E-state index in [-0.39, 0.29) is 0 Å². The van der Waals surface area contributed by atoms with Crippen LogP contribution in [0.4, 0.5) is 5.13 Å². The highest BCUT2D eigenvalue weighted by atomic mass is 32.2. The summed E-state index contributed by atoms with van der Waals surface area (Å²) < 4.78 is 16.4. The first-order valence-electron chi connectivity index (χ1n) is 7.57. The van der Waals surface area contributed by atoms with Crippen LogP contribution in [0.2, 0.25) is 0 Å². The van der Waals surface area contributed by atoms with Crippen molar-refractivity contribution in [3.63, 3.8) is 0 Å². The smallest absolute Gasteiger partial charge is 0.206 e. The summed E-state index contributed by atoms with van der Waals surface area (Å²) in [5.41, 5.74) is 1.79. The Hall–Kier alpha value is -2.10. The molecule has 1 N–H and O–H groups in total. The fourth-order valence-electron chi connectivity index (χ4n) is 2.01. The first-order valence-corrected chi connectivity index (χ1v) is 9.38. The van der Waals surface area contributed by atoms with E-state index in [1.165, 1.54) is 11.3 Å². The molecule has 0 amide bonds. The van der Waals surface area contributed by atoms with Gasteiger partial charge in [-0.3, -0.25) is 0 Å². The van der Waals surface area contributed by atoms with Gasteiger partial charge in [0.25, 0.3) is 0 Å². The second-order valence-corrected chi connectivity index (χ2v) is 7.19. The van der Waals surface area contributed by atoms with Crippen LogP contribution in [0.25, 0.3) is 11.3 Å². The van der Waals surface area contributed by atoms with Crippen molar-refractivity contribution in [3.05, 3.63) is 36.1 Å². The Morgan fingerprint density at radius 2 is 2.04 bits per heavy atom. The number of rotatable bonds is 9. The van der Waals surface area contributed by atoms with Gasteiger partial charge in [0.2, 0.25) is 5.13 Å². The fraction of sp³-hybridized carbons (Fsp3) is 0.312. The third kappa shape index (κ3) is 4.94. The molecule has 7 nitrogen and oxygen atoms in total. The topological polar surface area (TPSA) is 82.3 Å². The van der Waals surface area contributed by atoms with Crippen LogP contribution >= 0.6 is 23.1 Å². The van der Waals surface area contributed by atoms with Crippen LogP contribution in [0.3, 0.4) is 0 Å². The number of nitrogens with one attached hydrogen (secondary N) is 1. The molecule has 9 heteroatoms. The molecule has 3 rings (SSSR count). The molecule has 0 fully saturated rings. The number of hydrogen-bond donors (Lipinski definition) is 1. The van der Waals surface area contributed by atoms with Gasteiger partial charge in [-0.2, -0.15) is 0 Å². The maximum absolute atomic E-state index is 5.41. The Balaban J connectivity index is 1.54. The second kappa shape index (κ2) is 8.84. The molecule has 0 atom stereocenters. The number of anilines is 1. The van der Waals surface area contributed by atoms with Crippen molar-refractivity contribution >= 4 is 28.2 Å². The zero-order valence-electron chi connectivity index (χ0n) is 13.9. The van der Waals surface area contributed by atoms with Gasteiger partial charge in [-0.15, -0.1) is 10.2 Å². The van der Waals surface area contributed by atoms with Gasteiger partial charge in [-0.25, -0.2) is 0 Å². The fourth-order valence-corrected chi connectivity index (χ4v) is 3.66. The highest BCUT2D eigenvalue weighted by Gasteiger charge is 2.10. The lowest BCUT2D eigenvalue weighted by Crippen LogP contribution is -2.06. The molecule has 0 radical (unpaired) electrons. The van der Waals surface area contributed by atoms with Crippen LogP contribution in [0.5, 0.6) is 5.75 Å². The lowest BCUT2D eigenvalue weighted by molar-refractivity contribution is 0.211. The first-order chi connectivity index (χ1) is 12.3. The normalized spacial score (nSPS) is 10.8. The molecule has 0 saturated carbocycles. The summed E-state index contributed by atoms with van der Waals surface area (Å²) in [6, 6.07) is 9.65. The molecule has 1 aromatic carbocycles. The zero-order chi connectivity index (χ0) is 17.5. The number of hydrogen-bond acceptors (Lipinski definition) is 9. The zero-order valence-corrected chi connectivity index (χ0v) is 15.5. The number of ether oxygens (including phenoxy) is 2. The van der Waals surface area contributed by atoms with Crippen molar-refractivity contribution in [1.29, 1.82) is 0 Å². The summed E-state index contributed by atoms with van der Waals surface area (Å²) in [7, 11) is 3.31. The highest BCUT2D eigenvalue weighted by molar-refractivity contribution is 8.00. The lowest BCUT2D eigenvalue weighted by atomic mass is 10.1. The van der Waals surface area contributed by atoms with E-state index in [0.29, 0.717) is 18.9 Å². The monoisotopic (exact) mass is 378 g/mol. The maximum atomic E-state index is 5.41. The lowest BCUT2D eigenvalue weighted by Gasteiger charge is -1.99. The van der Waals surface area contributed by atoms with E-state index in [4.69, 9.17) is 14.0 Å². The Morgan fingerprint density at radius 1 is 1.20 bits per heavy atom. The summed E-state index contributed by atoms with van der Waals surface area (Å²) >= 11 is 3.08. The summed E-state index contributed by atoms with van der Waals surface area (Å²) in [6.07, 6.45) is 0. The quantitative estimate of drug-likeness (QED) is 0.447. The summed E-state index contributed by atoms with van der Waals surface area (Å²) in [5.74, 6) is 2.25. The predicted octanol–water partition coefficient (Wildman–Crippen LogP) is 3.55. The van der Waals surface area contributed by atoms with E-state index < -0.39 is 0 Å². The minimum Gasteiger partial charge on any atom is -0.497 e. The predicted molar refractivity (Wildman–Crippen MR) is 98.3 cm³/mol. The minimum atomic E-state index is 0.633. The van der Waals surface area contributed by atoms with Gasteiger partial charge in [0.15, 0.2) is 4.34 Å². The highest BCUT2D eigenvalue weighted by Crippen LogP contribution is 2.29. The Morgan fingerprint density at radius 3 is 2.80 bits per heavy atom. The molecule has 25 heavy (non-hydrogen) atoms. The maximum Gasteiger partial charge on any atom is 0.206 e. The molecule has 0 aliphatic rings. The van der Waals surface area contributed by atoms with Crippen molar-refractivity contribution < 1.29 is 14.0 Å². The van der Waals surface area contributed by atoms with Gasteiger partial charge in [0.1, 0.15) is 17.2 Å². The standard InChI is InChI=1S/C16H18N4O3S2/c1-21-8-7-17-15-18-19-16(25-15)24-10-13-9-14(20-23-13)11-3-5-12(22-2)6-4-11/h3-6,9H,7-8,10H2,1-2H3,(H,17,18). The number of benzene rings is 1. The Bertz CT molecular complexity index is 789. The van der Waals surface area contributed by atoms with E-state index in [1.54, 1.807) is 26.0 Å². The molecule has 0 aliphatic carbocycles. The van der Waals surface area contributed by atoms with Crippen LogP contribution in [0.1, 0.15) is 5.76 Å². The second-order valence-electron chi connectivity index (χ2n) is 4.99. The molecule has 3 aromatic rings. The van der Waals surface area contributed by atoms with E-state index >= 15 is 0 Å². The largest absolute Gasteiger partial charge is 0.497 e.